The van der Waals surface area contributed by atoms with Crippen LogP contribution in [0.4, 0.5) is 0 Å². The minimum Gasteiger partial charge on any atom is -0.431 e. The fourth-order valence-corrected chi connectivity index (χ4v) is 26.6. The highest BCUT2D eigenvalue weighted by atomic mass is 31.3. The van der Waals surface area contributed by atoms with E-state index in [2.05, 4.69) is 33.5 Å². The standard InChI is InChI=1S/C51H84N9O12P3Si3/c1-10-61-76(62-11-2,63-12-3)43-19-40-55-73(70-49-28-22-46(23-29-49)34-37-52)58-74(71-50-30-24-47(25-31-50)35-38-53,56-41-20-44-77(64-13-4,65-14-5)66-15-6)60-75(59-73,72-51-32-26-48(27-33-51)36-39-54)57-42-21-45-78(67-16-7,68-17-8)69-18-9/h22-33,55-57H,10-21,34-36,40-45H2,1-9H3. The zero-order valence-electron chi connectivity index (χ0n) is 47.2. The van der Waals surface area contributed by atoms with Gasteiger partial charge in [-0.2, -0.15) is 15.8 Å². The molecule has 0 fully saturated rings. The van der Waals surface area contributed by atoms with Gasteiger partial charge in [0.1, 0.15) is 17.2 Å². The summed E-state index contributed by atoms with van der Waals surface area (Å²) in [5.41, 5.74) is 2.41. The highest BCUT2D eigenvalue weighted by molar-refractivity contribution is 7.81. The number of nitriles is 3. The van der Waals surface area contributed by atoms with Gasteiger partial charge in [0.2, 0.25) is 0 Å². The van der Waals surface area contributed by atoms with Crippen LogP contribution in [0.1, 0.15) is 98.3 Å². The van der Waals surface area contributed by atoms with Gasteiger partial charge in [-0.3, -0.25) is 0 Å². The monoisotopic (exact) mass is 1190 g/mol. The molecule has 4 rings (SSSR count). The molecule has 0 aliphatic carbocycles. The average molecular weight is 1190 g/mol. The van der Waals surface area contributed by atoms with E-state index in [-0.39, 0.29) is 19.3 Å². The first-order valence-corrected chi connectivity index (χ1v) is 37.8. The summed E-state index contributed by atoms with van der Waals surface area (Å²) in [6.45, 7) is 22.0. The van der Waals surface area contributed by atoms with Crippen molar-refractivity contribution in [3.8, 4) is 35.5 Å². The van der Waals surface area contributed by atoms with Crippen LogP contribution < -0.4 is 28.8 Å². The van der Waals surface area contributed by atoms with E-state index in [0.717, 1.165) is 16.7 Å². The molecule has 432 valence electrons. The van der Waals surface area contributed by atoms with Crippen LogP contribution in [0.25, 0.3) is 0 Å². The average Bonchev–Trinajstić information content (AvgIpc) is 3.54. The molecule has 1 aliphatic rings. The van der Waals surface area contributed by atoms with Crippen molar-refractivity contribution in [2.45, 2.75) is 119 Å². The van der Waals surface area contributed by atoms with Crippen molar-refractivity contribution in [1.29, 1.82) is 15.8 Å². The number of hydrogen-bond donors (Lipinski definition) is 3. The Morgan fingerprint density at radius 3 is 0.744 bits per heavy atom. The summed E-state index contributed by atoms with van der Waals surface area (Å²) >= 11 is 0. The van der Waals surface area contributed by atoms with Gasteiger partial charge in [-0.25, -0.2) is 15.3 Å². The van der Waals surface area contributed by atoms with E-state index in [0.29, 0.717) is 134 Å². The summed E-state index contributed by atoms with van der Waals surface area (Å²) < 4.78 is 95.1. The molecule has 3 aromatic rings. The molecule has 1 aliphatic heterocycles. The molecule has 3 N–H and O–H groups in total. The predicted octanol–water partition coefficient (Wildman–Crippen LogP) is 12.4. The molecule has 3 aromatic carbocycles. The largest absolute Gasteiger partial charge is 0.500 e. The zero-order chi connectivity index (χ0) is 56.6. The fourth-order valence-electron chi connectivity index (χ4n) is 8.25. The second kappa shape index (κ2) is 35.3. The molecule has 1 heterocycles. The van der Waals surface area contributed by atoms with Crippen molar-refractivity contribution >= 4 is 49.2 Å². The van der Waals surface area contributed by atoms with Crippen molar-refractivity contribution in [2.24, 2.45) is 13.5 Å². The lowest BCUT2D eigenvalue weighted by Gasteiger charge is -2.36. The molecule has 0 saturated carbocycles. The SMILES string of the molecule is CCO[Si](CCCNP1(Oc2ccc(CC#N)cc2)=NP(NCCC[Si](OCC)(OCC)OCC)(Oc2ccc(CC#N)cc2)=NP(NCCC[Si](OCC)(OCC)OCC)(Oc2ccc(CC#N)cc2)=N1)(OCC)OCC. The second-order valence-corrected chi connectivity index (χ2v) is 32.2. The van der Waals surface area contributed by atoms with Crippen molar-refractivity contribution in [2.75, 3.05) is 79.1 Å². The minimum atomic E-state index is -3.81. The van der Waals surface area contributed by atoms with E-state index in [1.54, 1.807) is 36.4 Å². The lowest BCUT2D eigenvalue weighted by atomic mass is 10.2. The first-order valence-electron chi connectivity index (χ1n) is 27.2. The molecule has 27 heteroatoms. The van der Waals surface area contributed by atoms with E-state index in [4.69, 9.17) is 67.0 Å². The Morgan fingerprint density at radius 2 is 0.564 bits per heavy atom. The zero-order valence-corrected chi connectivity index (χ0v) is 52.9. The van der Waals surface area contributed by atoms with Crippen molar-refractivity contribution in [3.63, 3.8) is 0 Å². The number of nitrogens with zero attached hydrogens (tertiary/aromatic N) is 6. The van der Waals surface area contributed by atoms with Gasteiger partial charge in [0.25, 0.3) is 0 Å². The van der Waals surface area contributed by atoms with Crippen molar-refractivity contribution in [1.82, 2.24) is 15.3 Å². The van der Waals surface area contributed by atoms with Crippen LogP contribution in [0.2, 0.25) is 18.1 Å². The lowest BCUT2D eigenvalue weighted by molar-refractivity contribution is 0.0701. The van der Waals surface area contributed by atoms with Gasteiger partial charge in [0.15, 0.2) is 0 Å². The molecule has 0 atom stereocenters. The molecule has 0 aromatic heterocycles. The second-order valence-electron chi connectivity index (χ2n) is 17.1. The van der Waals surface area contributed by atoms with Crippen LogP contribution in [-0.4, -0.2) is 106 Å². The van der Waals surface area contributed by atoms with E-state index in [1.165, 1.54) is 0 Å². The molecule has 0 unspecified atom stereocenters. The van der Waals surface area contributed by atoms with E-state index >= 15 is 0 Å². The number of rotatable bonds is 42. The van der Waals surface area contributed by atoms with Gasteiger partial charge in [0, 0.05) is 97.2 Å². The summed E-state index contributed by atoms with van der Waals surface area (Å²) in [6.07, 6.45) is 2.15. The van der Waals surface area contributed by atoms with E-state index < -0.39 is 49.2 Å². The Bertz CT molecular complexity index is 2200. The Balaban J connectivity index is 2.10. The highest BCUT2D eigenvalue weighted by Crippen LogP contribution is 2.75. The smallest absolute Gasteiger partial charge is 0.431 e. The minimum absolute atomic E-state index is 0.205. The molecular formula is C51H84N9O12P3Si3. The first-order chi connectivity index (χ1) is 37.8. The maximum Gasteiger partial charge on any atom is 0.500 e. The molecule has 0 radical (unpaired) electrons. The molecular weight excluding hydrogens is 1110 g/mol. The normalized spacial score (nSPS) is 18.4. The molecule has 0 spiro atoms. The van der Waals surface area contributed by atoms with Crippen LogP contribution in [-0.2, 0) is 59.1 Å². The molecule has 21 nitrogen and oxygen atoms in total. The molecule has 78 heavy (non-hydrogen) atoms. The Labute approximate surface area is 468 Å². The summed E-state index contributed by atoms with van der Waals surface area (Å²) in [6, 6.07) is 29.9. The quantitative estimate of drug-likeness (QED) is 0.0271. The predicted molar refractivity (Wildman–Crippen MR) is 311 cm³/mol. The van der Waals surface area contributed by atoms with Gasteiger partial charge in [0.05, 0.1) is 37.5 Å². The molecule has 0 amide bonds. The van der Waals surface area contributed by atoms with Crippen LogP contribution in [0.5, 0.6) is 17.2 Å². The van der Waals surface area contributed by atoms with Gasteiger partial charge >= 0.3 is 49.2 Å². The summed E-state index contributed by atoms with van der Waals surface area (Å²) in [5.74, 6) is 1.27. The summed E-state index contributed by atoms with van der Waals surface area (Å²) in [4.78, 5) is 0. The third kappa shape index (κ3) is 21.4. The number of benzene rings is 3. The van der Waals surface area contributed by atoms with Gasteiger partial charge in [-0.1, -0.05) is 36.4 Å². The number of hydrogen-bond acceptors (Lipinski definition) is 21. The van der Waals surface area contributed by atoms with E-state index in [9.17, 15) is 15.8 Å². The van der Waals surface area contributed by atoms with Crippen molar-refractivity contribution in [3.05, 3.63) is 89.5 Å². The molecule has 0 saturated heterocycles. The van der Waals surface area contributed by atoms with Gasteiger partial charge in [-0.05, 0) is 135 Å². The lowest BCUT2D eigenvalue weighted by Crippen LogP contribution is -2.46. The van der Waals surface area contributed by atoms with E-state index in [1.807, 2.05) is 98.7 Å². The topological polar surface area (TPSA) is 255 Å². The summed E-state index contributed by atoms with van der Waals surface area (Å²) in [7, 11) is -20.8. The maximum absolute atomic E-state index is 9.59. The molecule has 0 bridgehead atoms. The number of nitrogens with one attached hydrogen (secondary N) is 3. The third-order valence-electron chi connectivity index (χ3n) is 11.3. The van der Waals surface area contributed by atoms with Crippen LogP contribution in [0, 0.1) is 34.0 Å². The first kappa shape index (κ1) is 66.9. The Morgan fingerprint density at radius 1 is 0.359 bits per heavy atom. The third-order valence-corrected chi connectivity index (χ3v) is 29.8. The Kier molecular flexibility index (Phi) is 30.3. The van der Waals surface area contributed by atoms with Crippen LogP contribution in [0.15, 0.2) is 86.3 Å². The van der Waals surface area contributed by atoms with Crippen molar-refractivity contribution < 1.29 is 53.4 Å². The highest BCUT2D eigenvalue weighted by Gasteiger charge is 2.46. The Hall–Kier alpha value is -3.61. The fraction of sp³-hybridized carbons (Fsp3) is 0.588. The van der Waals surface area contributed by atoms with Gasteiger partial charge in [-0.15, -0.1) is 13.5 Å². The van der Waals surface area contributed by atoms with Crippen LogP contribution in [0.3, 0.4) is 0 Å². The maximum atomic E-state index is 9.59. The van der Waals surface area contributed by atoms with Crippen LogP contribution >= 0.6 is 22.7 Å². The summed E-state index contributed by atoms with van der Waals surface area (Å²) in [5, 5.41) is 39.9. The van der Waals surface area contributed by atoms with Gasteiger partial charge < -0.3 is 53.4 Å².